The number of nitrogens with zero attached hydrogens (tertiary/aromatic N) is 6. The monoisotopic (exact) mass is 1230 g/mol. The van der Waals surface area contributed by atoms with Crippen LogP contribution in [0, 0.1) is 27.7 Å². The van der Waals surface area contributed by atoms with Crippen LogP contribution in [0.15, 0.2) is 225 Å². The van der Waals surface area contributed by atoms with Crippen LogP contribution in [0.1, 0.15) is 87.7 Å². The molecule has 0 aliphatic carbocycles. The minimum Gasteiger partial charge on any atom is -0.870 e. The zero-order chi connectivity index (χ0) is 64.5. The van der Waals surface area contributed by atoms with Gasteiger partial charge in [-0.1, -0.05) is 90.5 Å². The van der Waals surface area contributed by atoms with Gasteiger partial charge in [-0.25, -0.2) is 24.5 Å². The Morgan fingerprint density at radius 3 is 1.30 bits per heavy atom. The van der Waals surface area contributed by atoms with Crippen molar-refractivity contribution in [2.45, 2.75) is 39.8 Å². The Bertz CT molecular complexity index is 4380. The molecule has 0 fully saturated rings. The van der Waals surface area contributed by atoms with E-state index in [0.29, 0.717) is 50.7 Å². The number of ether oxygens (including phenoxy) is 1. The normalized spacial score (nSPS) is 10.6. The Balaban J connectivity index is 0.000000227. The fourth-order valence-electron chi connectivity index (χ4n) is 9.37. The summed E-state index contributed by atoms with van der Waals surface area (Å²) >= 11 is 0. The maximum atomic E-state index is 11.8. The second-order valence-electron chi connectivity index (χ2n) is 19.9. The van der Waals surface area contributed by atoms with Crippen molar-refractivity contribution in [2.24, 2.45) is 0 Å². The van der Waals surface area contributed by atoms with E-state index in [9.17, 15) is 34.8 Å². The average molecular weight is 1230 g/mol. The van der Waals surface area contributed by atoms with Gasteiger partial charge in [0, 0.05) is 70.0 Å². The Hall–Kier alpha value is -11.7. The Morgan fingerprint density at radius 2 is 0.924 bits per heavy atom. The van der Waals surface area contributed by atoms with Gasteiger partial charge in [-0.2, -0.15) is 9.59 Å². The number of aldehydes is 1. The number of aromatic nitrogens is 6. The van der Waals surface area contributed by atoms with Crippen molar-refractivity contribution in [3.8, 4) is 17.2 Å². The van der Waals surface area contributed by atoms with Gasteiger partial charge in [-0.3, -0.25) is 19.7 Å². The summed E-state index contributed by atoms with van der Waals surface area (Å²) in [5.41, 5.74) is 15.4. The van der Waals surface area contributed by atoms with Crippen molar-refractivity contribution in [3.63, 3.8) is 0 Å². The van der Waals surface area contributed by atoms with E-state index in [2.05, 4.69) is 40.5 Å². The number of phenols is 3. The van der Waals surface area contributed by atoms with Crippen molar-refractivity contribution in [3.05, 3.63) is 286 Å². The number of nitrogens with two attached hydrogens (primary N) is 1. The Morgan fingerprint density at radius 1 is 0.511 bits per heavy atom. The third kappa shape index (κ3) is 19.4. The number of anilines is 3. The van der Waals surface area contributed by atoms with Crippen LogP contribution < -0.4 is 35.2 Å². The second kappa shape index (κ2) is 35.4. The number of hydrogen-bond acceptors (Lipinski definition) is 19. The van der Waals surface area contributed by atoms with Gasteiger partial charge in [0.25, 0.3) is 0 Å². The fraction of sp³-hybridized carbons (Fsp3) is 0.0986. The number of fused-ring (bicyclic) bond motifs is 3. The molecule has 0 aliphatic rings. The molecule has 0 radical (unpaired) electrons. The number of methoxy groups -OCH3 is 1. The van der Waals surface area contributed by atoms with Gasteiger partial charge in [0.1, 0.15) is 57.5 Å². The van der Waals surface area contributed by atoms with Gasteiger partial charge in [0.15, 0.2) is 0 Å². The van der Waals surface area contributed by atoms with Crippen molar-refractivity contribution in [1.29, 1.82) is 0 Å². The number of rotatable bonds is 11. The van der Waals surface area contributed by atoms with E-state index in [1.165, 1.54) is 12.7 Å². The molecule has 20 nitrogen and oxygen atoms in total. The molecule has 6 aromatic heterocycles. The van der Waals surface area contributed by atoms with Crippen LogP contribution in [0.25, 0.3) is 32.7 Å². The number of nitrogens with one attached hydrogen (secondary N) is 2. The minimum absolute atomic E-state index is 0. The first-order valence-electron chi connectivity index (χ1n) is 27.8. The summed E-state index contributed by atoms with van der Waals surface area (Å²) in [5.74, 6) is 0.962. The van der Waals surface area contributed by atoms with E-state index in [4.69, 9.17) is 20.1 Å². The maximum Gasteiger partial charge on any atom is 1.00 e. The van der Waals surface area contributed by atoms with E-state index < -0.39 is 24.0 Å². The van der Waals surface area contributed by atoms with E-state index >= 15 is 0 Å². The van der Waals surface area contributed by atoms with E-state index in [-0.39, 0.29) is 53.3 Å². The van der Waals surface area contributed by atoms with Crippen molar-refractivity contribution in [2.75, 3.05) is 23.5 Å². The number of carboxylic acids is 1. The van der Waals surface area contributed by atoms with Gasteiger partial charge in [-0.05, 0) is 159 Å². The van der Waals surface area contributed by atoms with Gasteiger partial charge in [-0.15, -0.1) is 0 Å². The maximum absolute atomic E-state index is 11.8. The summed E-state index contributed by atoms with van der Waals surface area (Å²) in [7, 11) is 1.35. The van der Waals surface area contributed by atoms with Crippen molar-refractivity contribution in [1.82, 2.24) is 29.9 Å². The van der Waals surface area contributed by atoms with Crippen LogP contribution >= 0.6 is 0 Å². The molecule has 12 rings (SSSR count). The molecule has 0 spiro atoms. The van der Waals surface area contributed by atoms with Crippen LogP contribution in [0.4, 0.5) is 17.5 Å². The van der Waals surface area contributed by atoms with E-state index in [1.54, 1.807) is 85.7 Å². The van der Waals surface area contributed by atoms with Gasteiger partial charge >= 0.3 is 37.0 Å². The standard InChI is InChI=1S/C24H21N3O3.C23H19N3O3.C10H9NO.C8H8O.C5H6N2.CO2.Li.H2O/c1-15-14-18-6-5-13-26-22(18)23(28)20(15)21(27-19-7-3-4-12-25-19)16-8-10-17(11-9-16)24(29)30-2;1-14-13-17-5-4-12-25-21(17)22(27)19(14)20(26-18-6-2-3-11-24-18)15-7-9-16(10-8-15)23(28)29;1-7-5-8-3-2-4-11-10(8)9(12)6-7;1-7-2-4-8(6-9)5-3-7;6-5-3-1-2-4-7-5;2-1-3;;/h3-14,21,28H,1-2H3,(H,25,27);2-13,20,27H,1H3,(H,24,26)(H,28,29);2-6,12H,1H3;2-6H,1H3;1-4H,(H2,6,7);;;1H2/q;;;;;;+1;/p-1. The molecule has 2 atom stereocenters. The van der Waals surface area contributed by atoms with Crippen LogP contribution in [-0.2, 0) is 14.3 Å². The van der Waals surface area contributed by atoms with Crippen molar-refractivity contribution < 1.29 is 73.5 Å². The number of esters is 1. The molecule has 460 valence electrons. The zero-order valence-corrected chi connectivity index (χ0v) is 51.0. The van der Waals surface area contributed by atoms with Gasteiger partial charge in [0.2, 0.25) is 0 Å². The first-order chi connectivity index (χ1) is 43.5. The molecule has 6 aromatic carbocycles. The molecule has 92 heavy (non-hydrogen) atoms. The van der Waals surface area contributed by atoms with Crippen LogP contribution in [0.5, 0.6) is 17.2 Å². The topological polar surface area (TPSA) is 333 Å². The number of carboxylic acid groups (broad SMARTS) is 1. The smallest absolute Gasteiger partial charge is 0.870 e. The van der Waals surface area contributed by atoms with Crippen molar-refractivity contribution >= 4 is 74.5 Å². The molecule has 0 saturated heterocycles. The predicted octanol–water partition coefficient (Wildman–Crippen LogP) is 10.1. The SMILES string of the molecule is COC(=O)c1ccc(C(Nc2ccccn2)c2c(C)cc3cccnc3c2O)cc1.Cc1cc(O)c2ncccc2c1.Cc1cc2cccnc2c(O)c1C(Nc1ccccn1)c1ccc(C(=O)O)cc1.Cc1ccc(C=O)cc1.Nc1ccccn1.O=C=O.[Li+].[OH-]. The summed E-state index contributed by atoms with van der Waals surface area (Å²) < 4.78 is 4.79. The molecule has 12 aromatic rings. The first kappa shape index (κ1) is 71.1. The Kier molecular flexibility index (Phi) is 27.3. The average Bonchev–Trinajstić information content (AvgIpc) is 0.945. The third-order valence-electron chi connectivity index (χ3n) is 13.6. The van der Waals surface area contributed by atoms with E-state index in [1.807, 2.05) is 167 Å². The van der Waals surface area contributed by atoms with Crippen LogP contribution in [0.2, 0.25) is 0 Å². The van der Waals surface area contributed by atoms with Crippen LogP contribution in [0.3, 0.4) is 0 Å². The Labute approximate surface area is 542 Å². The quantitative estimate of drug-likeness (QED) is 0.0359. The minimum atomic E-state index is -0.986. The van der Waals surface area contributed by atoms with Gasteiger partial charge < -0.3 is 47.0 Å². The van der Waals surface area contributed by atoms with Crippen LogP contribution in [-0.4, -0.2) is 87.3 Å². The molecular formula is C71H64LiN9O11. The molecule has 9 N–H and O–H groups in total. The number of nitrogen functional groups attached to an aromatic ring is 1. The van der Waals surface area contributed by atoms with E-state index in [0.717, 1.165) is 55.8 Å². The molecule has 2 unspecified atom stereocenters. The number of aryl methyl sites for hydroxylation is 4. The zero-order valence-electron chi connectivity index (χ0n) is 51.0. The molecule has 21 heteroatoms. The number of aromatic carboxylic acids is 1. The first-order valence-corrected chi connectivity index (χ1v) is 27.8. The summed E-state index contributed by atoms with van der Waals surface area (Å²) in [5, 5.41) is 50.3. The third-order valence-corrected chi connectivity index (χ3v) is 13.6. The number of carbonyl (C=O) groups is 3. The fourth-order valence-corrected chi connectivity index (χ4v) is 9.37. The predicted molar refractivity (Wildman–Crippen MR) is 347 cm³/mol. The molecular weight excluding hydrogens is 1160 g/mol. The molecule has 0 aliphatic heterocycles. The van der Waals surface area contributed by atoms with Gasteiger partial charge in [0.05, 0.1) is 30.3 Å². The molecule has 0 saturated carbocycles. The largest absolute Gasteiger partial charge is 1.00 e. The second-order valence-corrected chi connectivity index (χ2v) is 19.9. The molecule has 0 amide bonds. The number of hydrogen-bond donors (Lipinski definition) is 7. The summed E-state index contributed by atoms with van der Waals surface area (Å²) in [6.45, 7) is 7.83. The number of phenolic OH excluding ortho intramolecular Hbond substituents is 3. The summed E-state index contributed by atoms with van der Waals surface area (Å²) in [6, 6.07) is 55.9. The summed E-state index contributed by atoms with van der Waals surface area (Å²) in [4.78, 5) is 74.6. The molecule has 0 bridgehead atoms. The molecule has 6 heterocycles. The number of benzene rings is 6. The number of carbonyl (C=O) groups excluding carboxylic acids is 4. The number of aromatic hydroxyl groups is 3. The number of pyridine rings is 6. The summed E-state index contributed by atoms with van der Waals surface area (Å²) in [6.07, 6.45) is 11.1.